The molecular weight excluding hydrogens is 466 g/mol. The van der Waals surface area contributed by atoms with Crippen molar-refractivity contribution in [2.24, 2.45) is 0 Å². The van der Waals surface area contributed by atoms with E-state index in [0.29, 0.717) is 17.8 Å². The highest BCUT2D eigenvalue weighted by Crippen LogP contribution is 2.44. The lowest BCUT2D eigenvalue weighted by Crippen LogP contribution is -2.56. The highest BCUT2D eigenvalue weighted by atomic mass is 32.1. The highest BCUT2D eigenvalue weighted by molar-refractivity contribution is 7.13. The van der Waals surface area contributed by atoms with Crippen LogP contribution < -0.4 is 10.6 Å². The standard InChI is InChI=1S/C26H25N3O5S/c30-22(27-14-23-28-13-21(35-23)24(31)32)12-26(10-5-11-26)29-25(33)34-15-20-18-8-3-1-6-16(18)17-7-2-4-9-19(17)20/h1-4,6-9,13,20H,5,10-12,14-15H2,(H,27,30)(H,29,33)(H,31,32). The maximum atomic E-state index is 12.7. The zero-order valence-corrected chi connectivity index (χ0v) is 19.8. The molecule has 2 aliphatic carbocycles. The van der Waals surface area contributed by atoms with Crippen molar-refractivity contribution in [1.82, 2.24) is 15.6 Å². The van der Waals surface area contributed by atoms with Gasteiger partial charge in [-0.15, -0.1) is 11.3 Å². The fourth-order valence-corrected chi connectivity index (χ4v) is 5.53. The SMILES string of the molecule is O=C(CC1(NC(=O)OCC2c3ccccc3-c3ccccc32)CCC1)NCc1ncc(C(=O)O)s1. The molecule has 8 nitrogen and oxygen atoms in total. The van der Waals surface area contributed by atoms with Crippen LogP contribution in [0, 0.1) is 0 Å². The van der Waals surface area contributed by atoms with Gasteiger partial charge in [-0.25, -0.2) is 14.6 Å². The summed E-state index contributed by atoms with van der Waals surface area (Å²) in [7, 11) is 0. The van der Waals surface area contributed by atoms with Crippen LogP contribution in [-0.4, -0.2) is 40.2 Å². The smallest absolute Gasteiger partial charge is 0.407 e. The predicted molar refractivity (Wildman–Crippen MR) is 130 cm³/mol. The predicted octanol–water partition coefficient (Wildman–Crippen LogP) is 4.31. The van der Waals surface area contributed by atoms with Crippen LogP contribution in [0.25, 0.3) is 11.1 Å². The van der Waals surface area contributed by atoms with Crippen LogP contribution in [0.2, 0.25) is 0 Å². The van der Waals surface area contributed by atoms with Crippen LogP contribution in [0.15, 0.2) is 54.7 Å². The summed E-state index contributed by atoms with van der Waals surface area (Å²) < 4.78 is 5.66. The molecule has 0 bridgehead atoms. The normalized spacial score (nSPS) is 15.4. The Bertz CT molecular complexity index is 1240. The number of thiazole rings is 1. The van der Waals surface area contributed by atoms with E-state index < -0.39 is 17.6 Å². The van der Waals surface area contributed by atoms with E-state index in [1.165, 1.54) is 17.3 Å². The van der Waals surface area contributed by atoms with E-state index in [9.17, 15) is 14.4 Å². The molecule has 5 rings (SSSR count). The number of aromatic carboxylic acids is 1. The average Bonchev–Trinajstić information content (AvgIpc) is 3.43. The minimum atomic E-state index is -1.04. The first-order valence-electron chi connectivity index (χ1n) is 11.5. The second-order valence-electron chi connectivity index (χ2n) is 8.96. The first-order chi connectivity index (χ1) is 16.9. The fraction of sp³-hybridized carbons (Fsp3) is 0.308. The third kappa shape index (κ3) is 4.77. The van der Waals surface area contributed by atoms with Crippen LogP contribution in [-0.2, 0) is 16.1 Å². The number of carbonyl (C=O) groups is 3. The van der Waals surface area contributed by atoms with Gasteiger partial charge in [-0.1, -0.05) is 48.5 Å². The second-order valence-corrected chi connectivity index (χ2v) is 10.1. The van der Waals surface area contributed by atoms with Gasteiger partial charge >= 0.3 is 12.1 Å². The van der Waals surface area contributed by atoms with Gasteiger partial charge in [0, 0.05) is 12.3 Å². The number of carboxylic acids is 1. The number of nitrogens with one attached hydrogen (secondary N) is 2. The van der Waals surface area contributed by atoms with Crippen LogP contribution >= 0.6 is 11.3 Å². The summed E-state index contributed by atoms with van der Waals surface area (Å²) in [5.41, 5.74) is 4.00. The van der Waals surface area contributed by atoms with Crippen LogP contribution in [0.3, 0.4) is 0 Å². The van der Waals surface area contributed by atoms with Gasteiger partial charge in [0.05, 0.1) is 18.3 Å². The number of fused-ring (bicyclic) bond motifs is 3. The molecule has 2 aromatic carbocycles. The zero-order chi connectivity index (χ0) is 24.4. The number of carboxylic acid groups (broad SMARTS) is 1. The summed E-state index contributed by atoms with van der Waals surface area (Å²) in [4.78, 5) is 40.4. The Balaban J connectivity index is 1.16. The maximum Gasteiger partial charge on any atom is 0.407 e. The van der Waals surface area contributed by atoms with E-state index >= 15 is 0 Å². The first-order valence-corrected chi connectivity index (χ1v) is 12.3. The molecule has 3 N–H and O–H groups in total. The number of alkyl carbamates (subject to hydrolysis) is 1. The first kappa shape index (κ1) is 23.0. The number of amides is 2. The van der Waals surface area contributed by atoms with Crippen molar-refractivity contribution in [3.63, 3.8) is 0 Å². The molecular formula is C26H25N3O5S. The topological polar surface area (TPSA) is 118 Å². The summed E-state index contributed by atoms with van der Waals surface area (Å²) in [5.74, 6) is -1.29. The van der Waals surface area contributed by atoms with Crippen LogP contribution in [0.5, 0.6) is 0 Å². The van der Waals surface area contributed by atoms with E-state index in [1.54, 1.807) is 0 Å². The number of ether oxygens (including phenoxy) is 1. The fourth-order valence-electron chi connectivity index (χ4n) is 4.84. The van der Waals surface area contributed by atoms with Gasteiger partial charge in [-0.05, 0) is 41.5 Å². The van der Waals surface area contributed by atoms with Crippen molar-refractivity contribution in [2.75, 3.05) is 6.61 Å². The molecule has 0 unspecified atom stereocenters. The molecule has 3 aromatic rings. The van der Waals surface area contributed by atoms with Crippen molar-refractivity contribution in [3.05, 3.63) is 75.7 Å². The molecule has 35 heavy (non-hydrogen) atoms. The Kier molecular flexibility index (Phi) is 6.25. The maximum absolute atomic E-state index is 12.7. The van der Waals surface area contributed by atoms with Crippen molar-refractivity contribution in [3.8, 4) is 11.1 Å². The van der Waals surface area contributed by atoms with Gasteiger partial charge < -0.3 is 20.5 Å². The Morgan fingerprint density at radius 2 is 1.71 bits per heavy atom. The molecule has 180 valence electrons. The monoisotopic (exact) mass is 491 g/mol. The van der Waals surface area contributed by atoms with Gasteiger partial charge in [-0.3, -0.25) is 4.79 Å². The minimum absolute atomic E-state index is 0.0252. The molecule has 9 heteroatoms. The molecule has 0 aliphatic heterocycles. The molecule has 2 aliphatic rings. The molecule has 1 aromatic heterocycles. The van der Waals surface area contributed by atoms with E-state index in [-0.39, 0.29) is 36.3 Å². The Morgan fingerprint density at radius 1 is 1.06 bits per heavy atom. The summed E-state index contributed by atoms with van der Waals surface area (Å²) in [6.45, 7) is 0.371. The molecule has 1 fully saturated rings. The molecule has 1 saturated carbocycles. The van der Waals surface area contributed by atoms with E-state index in [4.69, 9.17) is 9.84 Å². The van der Waals surface area contributed by atoms with E-state index in [0.717, 1.165) is 28.9 Å². The third-order valence-corrected chi connectivity index (χ3v) is 7.71. The van der Waals surface area contributed by atoms with Crippen LogP contribution in [0.4, 0.5) is 4.79 Å². The lowest BCUT2D eigenvalue weighted by Gasteiger charge is -2.41. The average molecular weight is 492 g/mol. The molecule has 0 spiro atoms. The van der Waals surface area contributed by atoms with Gasteiger partial charge in [0.25, 0.3) is 0 Å². The number of nitrogens with zero attached hydrogens (tertiary/aromatic N) is 1. The summed E-state index contributed by atoms with van der Waals surface area (Å²) >= 11 is 1.03. The largest absolute Gasteiger partial charge is 0.477 e. The van der Waals surface area contributed by atoms with E-state index in [2.05, 4.69) is 39.9 Å². The van der Waals surface area contributed by atoms with Crippen LogP contribution in [0.1, 0.15) is 57.4 Å². The van der Waals surface area contributed by atoms with Gasteiger partial charge in [-0.2, -0.15) is 0 Å². The van der Waals surface area contributed by atoms with Crippen molar-refractivity contribution >= 4 is 29.3 Å². The molecule has 2 amide bonds. The van der Waals surface area contributed by atoms with Crippen molar-refractivity contribution < 1.29 is 24.2 Å². The van der Waals surface area contributed by atoms with Crippen molar-refractivity contribution in [2.45, 2.75) is 43.7 Å². The zero-order valence-electron chi connectivity index (χ0n) is 19.0. The van der Waals surface area contributed by atoms with Gasteiger partial charge in [0.15, 0.2) is 0 Å². The van der Waals surface area contributed by atoms with Crippen molar-refractivity contribution in [1.29, 1.82) is 0 Å². The number of carbonyl (C=O) groups excluding carboxylic acids is 2. The third-order valence-electron chi connectivity index (χ3n) is 6.72. The number of rotatable bonds is 8. The lowest BCUT2D eigenvalue weighted by atomic mass is 9.74. The number of aromatic nitrogens is 1. The van der Waals surface area contributed by atoms with Gasteiger partial charge in [0.2, 0.25) is 5.91 Å². The summed E-state index contributed by atoms with van der Waals surface area (Å²) in [6.07, 6.45) is 3.21. The molecule has 0 atom stereocenters. The lowest BCUT2D eigenvalue weighted by molar-refractivity contribution is -0.123. The van der Waals surface area contributed by atoms with E-state index in [1.807, 2.05) is 24.3 Å². The molecule has 0 saturated heterocycles. The Hall–Kier alpha value is -3.72. The number of benzene rings is 2. The van der Waals surface area contributed by atoms with Gasteiger partial charge in [0.1, 0.15) is 16.5 Å². The summed E-state index contributed by atoms with van der Waals surface area (Å²) in [5, 5.41) is 15.2. The highest BCUT2D eigenvalue weighted by Gasteiger charge is 2.41. The quantitative estimate of drug-likeness (QED) is 0.432. The minimum Gasteiger partial charge on any atom is -0.477 e. The Labute approximate surface area is 206 Å². The second kappa shape index (κ2) is 9.50. The summed E-state index contributed by atoms with van der Waals surface area (Å²) in [6, 6.07) is 16.3. The number of hydrogen-bond acceptors (Lipinski definition) is 6. The molecule has 1 heterocycles. The number of hydrogen-bond donors (Lipinski definition) is 3. The Morgan fingerprint density at radius 3 is 2.29 bits per heavy atom. The molecule has 0 radical (unpaired) electrons.